The predicted octanol–water partition coefficient (Wildman–Crippen LogP) is 2.86. The van der Waals surface area contributed by atoms with Crippen molar-refractivity contribution in [1.82, 2.24) is 29.4 Å². The summed E-state index contributed by atoms with van der Waals surface area (Å²) in [6, 6.07) is 10.3. The Kier molecular flexibility index (Phi) is 4.61. The minimum Gasteiger partial charge on any atom is -0.298 e. The summed E-state index contributed by atoms with van der Waals surface area (Å²) in [4.78, 5) is 2.51. The van der Waals surface area contributed by atoms with Crippen LogP contribution in [0.5, 0.6) is 0 Å². The van der Waals surface area contributed by atoms with Gasteiger partial charge in [0, 0.05) is 43.0 Å². The molecule has 3 heterocycles. The van der Waals surface area contributed by atoms with Gasteiger partial charge in [-0.2, -0.15) is 5.10 Å². The second-order valence-corrected chi connectivity index (χ2v) is 6.67. The van der Waals surface area contributed by atoms with Crippen molar-refractivity contribution in [2.75, 3.05) is 13.1 Å². The lowest BCUT2D eigenvalue weighted by Crippen LogP contribution is -2.34. The average molecular weight is 336 g/mol. The molecule has 130 valence electrons. The Morgan fingerprint density at radius 1 is 1.20 bits per heavy atom. The summed E-state index contributed by atoms with van der Waals surface area (Å²) in [6.07, 6.45) is 8.31. The number of likely N-dealkylation sites (tertiary alicyclic amines) is 1. The third-order valence-corrected chi connectivity index (χ3v) is 4.90. The van der Waals surface area contributed by atoms with Crippen molar-refractivity contribution in [2.24, 2.45) is 0 Å². The van der Waals surface area contributed by atoms with Gasteiger partial charge in [-0.25, -0.2) is 0 Å². The van der Waals surface area contributed by atoms with Crippen molar-refractivity contribution in [2.45, 2.75) is 38.8 Å². The van der Waals surface area contributed by atoms with Crippen LogP contribution in [0.3, 0.4) is 0 Å². The van der Waals surface area contributed by atoms with Crippen LogP contribution < -0.4 is 0 Å². The van der Waals surface area contributed by atoms with Crippen molar-refractivity contribution in [3.05, 3.63) is 60.4 Å². The molecule has 0 aliphatic carbocycles. The van der Waals surface area contributed by atoms with E-state index in [0.29, 0.717) is 5.92 Å². The zero-order chi connectivity index (χ0) is 17.1. The summed E-state index contributed by atoms with van der Waals surface area (Å²) in [5.74, 6) is 1.48. The van der Waals surface area contributed by atoms with Crippen LogP contribution in [0.4, 0.5) is 0 Å². The molecular weight excluding hydrogens is 312 g/mol. The molecule has 1 aliphatic rings. The normalized spacial score (nSPS) is 18.5. The predicted molar refractivity (Wildman–Crippen MR) is 96.5 cm³/mol. The van der Waals surface area contributed by atoms with Gasteiger partial charge in [0.15, 0.2) is 0 Å². The monoisotopic (exact) mass is 336 g/mol. The highest BCUT2D eigenvalue weighted by atomic mass is 15.3. The molecule has 0 radical (unpaired) electrons. The number of aromatic nitrogens is 5. The van der Waals surface area contributed by atoms with E-state index in [1.165, 1.54) is 12.0 Å². The maximum Gasteiger partial charge on any atom is 0.141 e. The summed E-state index contributed by atoms with van der Waals surface area (Å²) in [5, 5.41) is 13.0. The Hall–Kier alpha value is -2.47. The van der Waals surface area contributed by atoms with Crippen LogP contribution in [0.15, 0.2) is 49.1 Å². The van der Waals surface area contributed by atoms with E-state index < -0.39 is 0 Å². The number of benzene rings is 1. The van der Waals surface area contributed by atoms with E-state index in [-0.39, 0.29) is 0 Å². The molecule has 6 heteroatoms. The highest BCUT2D eigenvalue weighted by Gasteiger charge is 2.25. The van der Waals surface area contributed by atoms with Gasteiger partial charge in [-0.1, -0.05) is 18.2 Å². The van der Waals surface area contributed by atoms with Crippen molar-refractivity contribution in [3.63, 3.8) is 0 Å². The highest BCUT2D eigenvalue weighted by molar-refractivity contribution is 5.32. The minimum absolute atomic E-state index is 0.415. The van der Waals surface area contributed by atoms with E-state index in [9.17, 15) is 0 Å². The highest BCUT2D eigenvalue weighted by Crippen LogP contribution is 2.27. The molecule has 1 saturated heterocycles. The Labute approximate surface area is 148 Å². The van der Waals surface area contributed by atoms with Gasteiger partial charge in [-0.05, 0) is 38.4 Å². The maximum atomic E-state index is 4.44. The second kappa shape index (κ2) is 7.19. The molecule has 1 aliphatic heterocycles. The lowest BCUT2D eigenvalue weighted by molar-refractivity contribution is 0.195. The first kappa shape index (κ1) is 16.0. The fraction of sp³-hybridized carbons (Fsp3) is 0.421. The van der Waals surface area contributed by atoms with Gasteiger partial charge in [0.25, 0.3) is 0 Å². The average Bonchev–Trinajstić information content (AvgIpc) is 3.32. The van der Waals surface area contributed by atoms with E-state index in [4.69, 9.17) is 0 Å². The SMILES string of the molecule is CCn1cc(CN2CCCC(c3nncn3-c3ccccc3)C2)cn1. The molecule has 2 aromatic heterocycles. The molecule has 0 bridgehead atoms. The van der Waals surface area contributed by atoms with Gasteiger partial charge in [-0.3, -0.25) is 14.1 Å². The maximum absolute atomic E-state index is 4.44. The Morgan fingerprint density at radius 2 is 2.08 bits per heavy atom. The van der Waals surface area contributed by atoms with Crippen LogP contribution in [-0.4, -0.2) is 42.5 Å². The number of aryl methyl sites for hydroxylation is 1. The molecule has 0 N–H and O–H groups in total. The molecule has 1 fully saturated rings. The fourth-order valence-corrected chi connectivity index (χ4v) is 3.64. The van der Waals surface area contributed by atoms with Crippen molar-refractivity contribution in [1.29, 1.82) is 0 Å². The topological polar surface area (TPSA) is 51.8 Å². The molecule has 4 rings (SSSR count). The number of piperidine rings is 1. The standard InChI is InChI=1S/C19H24N6/c1-2-24-13-16(11-21-24)12-23-10-6-7-17(14-23)19-22-20-15-25(19)18-8-4-3-5-9-18/h3-5,8-9,11,13,15,17H,2,6-7,10,12,14H2,1H3. The van der Waals surface area contributed by atoms with Crippen molar-refractivity contribution >= 4 is 0 Å². The largest absolute Gasteiger partial charge is 0.298 e. The molecule has 25 heavy (non-hydrogen) atoms. The van der Waals surface area contributed by atoms with Crippen LogP contribution >= 0.6 is 0 Å². The third kappa shape index (κ3) is 3.49. The molecule has 0 spiro atoms. The first-order valence-corrected chi connectivity index (χ1v) is 9.02. The van der Waals surface area contributed by atoms with E-state index in [1.807, 2.05) is 23.3 Å². The van der Waals surface area contributed by atoms with Crippen molar-refractivity contribution < 1.29 is 0 Å². The Balaban J connectivity index is 1.49. The molecule has 3 aromatic rings. The van der Waals surface area contributed by atoms with E-state index in [1.54, 1.807) is 0 Å². The zero-order valence-electron chi connectivity index (χ0n) is 14.6. The lowest BCUT2D eigenvalue weighted by Gasteiger charge is -2.32. The zero-order valence-corrected chi connectivity index (χ0v) is 14.6. The number of hydrogen-bond donors (Lipinski definition) is 0. The van der Waals surface area contributed by atoms with E-state index in [2.05, 4.69) is 62.1 Å². The molecular formula is C19H24N6. The van der Waals surface area contributed by atoms with Gasteiger partial charge in [0.2, 0.25) is 0 Å². The van der Waals surface area contributed by atoms with Gasteiger partial charge >= 0.3 is 0 Å². The van der Waals surface area contributed by atoms with Crippen LogP contribution in [0.25, 0.3) is 5.69 Å². The first-order valence-electron chi connectivity index (χ1n) is 9.02. The first-order chi connectivity index (χ1) is 12.3. The molecule has 1 unspecified atom stereocenters. The summed E-state index contributed by atoms with van der Waals surface area (Å²) in [5.41, 5.74) is 2.41. The summed E-state index contributed by atoms with van der Waals surface area (Å²) in [6.45, 7) is 6.14. The quantitative estimate of drug-likeness (QED) is 0.719. The smallest absolute Gasteiger partial charge is 0.141 e. The van der Waals surface area contributed by atoms with Gasteiger partial charge in [-0.15, -0.1) is 10.2 Å². The summed E-state index contributed by atoms with van der Waals surface area (Å²) in [7, 11) is 0. The third-order valence-electron chi connectivity index (χ3n) is 4.90. The lowest BCUT2D eigenvalue weighted by atomic mass is 9.96. The Morgan fingerprint density at radius 3 is 2.88 bits per heavy atom. The fourth-order valence-electron chi connectivity index (χ4n) is 3.64. The number of nitrogens with zero attached hydrogens (tertiary/aromatic N) is 6. The van der Waals surface area contributed by atoms with Gasteiger partial charge in [0.05, 0.1) is 6.20 Å². The summed E-state index contributed by atoms with van der Waals surface area (Å²) < 4.78 is 4.12. The van der Waals surface area contributed by atoms with Gasteiger partial charge in [0.1, 0.15) is 12.2 Å². The second-order valence-electron chi connectivity index (χ2n) is 6.67. The molecule has 0 amide bonds. The van der Waals surface area contributed by atoms with E-state index in [0.717, 1.165) is 44.1 Å². The van der Waals surface area contributed by atoms with Gasteiger partial charge < -0.3 is 0 Å². The van der Waals surface area contributed by atoms with Crippen molar-refractivity contribution in [3.8, 4) is 5.69 Å². The molecule has 6 nitrogen and oxygen atoms in total. The Bertz CT molecular complexity index is 806. The van der Waals surface area contributed by atoms with Crippen LogP contribution in [-0.2, 0) is 13.1 Å². The number of para-hydroxylation sites is 1. The number of rotatable bonds is 5. The van der Waals surface area contributed by atoms with E-state index >= 15 is 0 Å². The molecule has 1 aromatic carbocycles. The van der Waals surface area contributed by atoms with Crippen LogP contribution in [0.2, 0.25) is 0 Å². The minimum atomic E-state index is 0.415. The summed E-state index contributed by atoms with van der Waals surface area (Å²) >= 11 is 0. The molecule has 1 atom stereocenters. The number of hydrogen-bond acceptors (Lipinski definition) is 4. The van der Waals surface area contributed by atoms with Crippen LogP contribution in [0, 0.1) is 0 Å². The van der Waals surface area contributed by atoms with Crippen LogP contribution in [0.1, 0.15) is 37.1 Å². The molecule has 0 saturated carbocycles.